The van der Waals surface area contributed by atoms with Gasteiger partial charge in [-0.05, 0) is 11.1 Å². The Morgan fingerprint density at radius 3 is 1.80 bits per heavy atom. The molecule has 0 unspecified atom stereocenters. The maximum absolute atomic E-state index is 12.4. The van der Waals surface area contributed by atoms with E-state index in [0.29, 0.717) is 5.94 Å². The van der Waals surface area contributed by atoms with Crippen LogP contribution in [0.4, 0.5) is 0 Å². The number of hydrogen-bond acceptors (Lipinski definition) is 2. The Morgan fingerprint density at radius 1 is 0.950 bits per heavy atom. The van der Waals surface area contributed by atoms with Crippen LogP contribution in [0.15, 0.2) is 60.7 Å². The second-order valence-corrected chi connectivity index (χ2v) is 7.03. The molecule has 0 aliphatic heterocycles. The van der Waals surface area contributed by atoms with E-state index in [2.05, 4.69) is 12.5 Å². The van der Waals surface area contributed by atoms with E-state index in [0.717, 1.165) is 11.1 Å². The fourth-order valence-corrected chi connectivity index (χ4v) is 2.37. The third-order valence-electron chi connectivity index (χ3n) is 2.94. The van der Waals surface area contributed by atoms with Crippen LogP contribution in [0.25, 0.3) is 0 Å². The topological polar surface area (TPSA) is 26.3 Å². The minimum atomic E-state index is -0.346. The van der Waals surface area contributed by atoms with Gasteiger partial charge in [0.05, 0.1) is 0 Å². The van der Waals surface area contributed by atoms with E-state index in [9.17, 15) is 4.79 Å². The molecule has 0 aromatic heterocycles. The van der Waals surface area contributed by atoms with Crippen LogP contribution in [-0.2, 0) is 20.4 Å². The summed E-state index contributed by atoms with van der Waals surface area (Å²) in [5.41, 5.74) is 1.94. The van der Waals surface area contributed by atoms with Gasteiger partial charge < -0.3 is 4.74 Å². The van der Waals surface area contributed by atoms with Crippen molar-refractivity contribution in [2.24, 2.45) is 0 Å². The zero-order valence-electron chi connectivity index (χ0n) is 11.8. The molecule has 2 aromatic carbocycles. The summed E-state index contributed by atoms with van der Waals surface area (Å²) in [4.78, 5) is 12.4. The quantitative estimate of drug-likeness (QED) is 0.623. The van der Waals surface area contributed by atoms with Gasteiger partial charge in [-0.3, -0.25) is 4.79 Å². The van der Waals surface area contributed by atoms with E-state index in [1.165, 1.54) is 0 Å². The van der Waals surface area contributed by atoms with Crippen molar-refractivity contribution in [2.45, 2.75) is 5.92 Å². The Kier molecular flexibility index (Phi) is 5.24. The highest BCUT2D eigenvalue weighted by Crippen LogP contribution is 2.25. The molecule has 2 nitrogen and oxygen atoms in total. The molecule has 0 saturated carbocycles. The fraction of sp³-hybridized carbons (Fsp3) is 0.235. The number of ether oxygens (including phenoxy) is 1. The Morgan fingerprint density at radius 2 is 1.40 bits per heavy atom. The largest absolute Gasteiger partial charge is 0.418 e. The molecule has 0 saturated heterocycles. The van der Waals surface area contributed by atoms with E-state index >= 15 is 0 Å². The van der Waals surface area contributed by atoms with Crippen LogP contribution in [0.5, 0.6) is 0 Å². The number of rotatable bonds is 5. The third kappa shape index (κ3) is 3.87. The van der Waals surface area contributed by atoms with Crippen LogP contribution in [0.2, 0.25) is 0 Å². The van der Waals surface area contributed by atoms with Crippen molar-refractivity contribution < 1.29 is 9.53 Å². The van der Waals surface area contributed by atoms with Gasteiger partial charge in [0.15, 0.2) is 0 Å². The molecule has 0 radical (unpaired) electrons. The first kappa shape index (κ1) is 14.7. The average Bonchev–Trinajstić information content (AvgIpc) is 2.48. The third-order valence-corrected chi connectivity index (χ3v) is 3.53. The highest BCUT2D eigenvalue weighted by atomic mass is 32.2. The highest BCUT2D eigenvalue weighted by Gasteiger charge is 2.25. The molecule has 0 heterocycles. The summed E-state index contributed by atoms with van der Waals surface area (Å²) in [6, 6.07) is 19.6. The Bertz CT molecular complexity index is 498. The average molecular weight is 287 g/mol. The lowest BCUT2D eigenvalue weighted by atomic mass is 9.91. The zero-order valence-corrected chi connectivity index (χ0v) is 12.6. The van der Waals surface area contributed by atoms with Gasteiger partial charge in [-0.15, -0.1) is 0 Å². The molecule has 0 atom stereocenters. The lowest BCUT2D eigenvalue weighted by Gasteiger charge is -2.16. The van der Waals surface area contributed by atoms with Crippen molar-refractivity contribution in [2.75, 3.05) is 18.5 Å². The molecule has 0 fully saturated rings. The second kappa shape index (κ2) is 7.15. The molecule has 2 rings (SSSR count). The summed E-state index contributed by atoms with van der Waals surface area (Å²) in [7, 11) is 0.0915. The molecular weight excluding hydrogens is 268 g/mol. The summed E-state index contributed by atoms with van der Waals surface area (Å²) in [5.74, 6) is -0.0424. The van der Waals surface area contributed by atoms with Gasteiger partial charge in [0.25, 0.3) is 0 Å². The summed E-state index contributed by atoms with van der Waals surface area (Å²) in [5, 5.41) is 0. The van der Waals surface area contributed by atoms with E-state index < -0.39 is 0 Å². The van der Waals surface area contributed by atoms with Gasteiger partial charge in [-0.25, -0.2) is 0 Å². The SMILES string of the molecule is C[S+](C)COC(=O)C(c1ccccc1)c1ccccc1. The molecule has 0 amide bonds. The molecule has 2 aromatic rings. The molecule has 3 heteroatoms. The number of carbonyl (C=O) groups is 1. The molecular formula is C17H19O2S+. The fourth-order valence-electron chi connectivity index (χ4n) is 2.01. The number of esters is 1. The van der Waals surface area contributed by atoms with Gasteiger partial charge in [-0.1, -0.05) is 60.7 Å². The van der Waals surface area contributed by atoms with Crippen LogP contribution < -0.4 is 0 Å². The molecule has 0 spiro atoms. The molecule has 0 aliphatic rings. The molecule has 0 aliphatic carbocycles. The van der Waals surface area contributed by atoms with Gasteiger partial charge in [0.2, 0.25) is 5.94 Å². The number of carbonyl (C=O) groups excluding carboxylic acids is 1. The van der Waals surface area contributed by atoms with Crippen LogP contribution in [0.1, 0.15) is 17.0 Å². The lowest BCUT2D eigenvalue weighted by molar-refractivity contribution is -0.142. The van der Waals surface area contributed by atoms with Crippen molar-refractivity contribution >= 4 is 16.9 Å². The van der Waals surface area contributed by atoms with Gasteiger partial charge in [0, 0.05) is 10.9 Å². The van der Waals surface area contributed by atoms with Crippen molar-refractivity contribution in [3.8, 4) is 0 Å². The maximum Gasteiger partial charge on any atom is 0.321 e. The van der Waals surface area contributed by atoms with Crippen LogP contribution >= 0.6 is 0 Å². The monoisotopic (exact) mass is 287 g/mol. The Hall–Kier alpha value is -1.74. The van der Waals surface area contributed by atoms with Gasteiger partial charge >= 0.3 is 5.97 Å². The Labute approximate surface area is 123 Å². The van der Waals surface area contributed by atoms with E-state index in [1.54, 1.807) is 0 Å². The normalized spacial score (nSPS) is 10.8. The Balaban J connectivity index is 2.28. The predicted octanol–water partition coefficient (Wildman–Crippen LogP) is 3.20. The highest BCUT2D eigenvalue weighted by molar-refractivity contribution is 7.95. The lowest BCUT2D eigenvalue weighted by Crippen LogP contribution is -2.20. The smallest absolute Gasteiger partial charge is 0.321 e. The van der Waals surface area contributed by atoms with E-state index in [-0.39, 0.29) is 22.8 Å². The van der Waals surface area contributed by atoms with Crippen molar-refractivity contribution in [3.63, 3.8) is 0 Å². The zero-order chi connectivity index (χ0) is 14.4. The van der Waals surface area contributed by atoms with Gasteiger partial charge in [-0.2, -0.15) is 0 Å². The predicted molar refractivity (Wildman–Crippen MR) is 84.9 cm³/mol. The van der Waals surface area contributed by atoms with E-state index in [1.807, 2.05) is 60.7 Å². The molecule has 0 N–H and O–H groups in total. The molecule has 0 bridgehead atoms. The molecule has 104 valence electrons. The summed E-state index contributed by atoms with van der Waals surface area (Å²) >= 11 is 0. The number of hydrogen-bond donors (Lipinski definition) is 0. The van der Waals surface area contributed by atoms with Gasteiger partial charge in [0.1, 0.15) is 18.4 Å². The van der Waals surface area contributed by atoms with Crippen LogP contribution in [-0.4, -0.2) is 24.4 Å². The molecule has 20 heavy (non-hydrogen) atoms. The summed E-state index contributed by atoms with van der Waals surface area (Å²) in [6.45, 7) is 0. The summed E-state index contributed by atoms with van der Waals surface area (Å²) in [6.07, 6.45) is 4.13. The van der Waals surface area contributed by atoms with Crippen molar-refractivity contribution in [3.05, 3.63) is 71.8 Å². The van der Waals surface area contributed by atoms with Crippen LogP contribution in [0.3, 0.4) is 0 Å². The van der Waals surface area contributed by atoms with E-state index in [4.69, 9.17) is 4.74 Å². The summed E-state index contributed by atoms with van der Waals surface area (Å²) < 4.78 is 5.45. The standard InChI is InChI=1S/C17H19O2S/c1-20(2)13-19-17(18)16(14-9-5-3-6-10-14)15-11-7-4-8-12-15/h3-12,16H,13H2,1-2H3/q+1. The maximum atomic E-state index is 12.4. The van der Waals surface area contributed by atoms with Crippen molar-refractivity contribution in [1.82, 2.24) is 0 Å². The second-order valence-electron chi connectivity index (χ2n) is 4.82. The first-order valence-electron chi connectivity index (χ1n) is 6.49. The van der Waals surface area contributed by atoms with Crippen molar-refractivity contribution in [1.29, 1.82) is 0 Å². The first-order chi connectivity index (χ1) is 9.68. The first-order valence-corrected chi connectivity index (χ1v) is 8.70. The number of benzene rings is 2. The van der Waals surface area contributed by atoms with Crippen LogP contribution in [0, 0.1) is 0 Å². The minimum absolute atomic E-state index is 0.0915. The minimum Gasteiger partial charge on any atom is -0.418 e.